The van der Waals surface area contributed by atoms with E-state index in [2.05, 4.69) is 5.32 Å². The highest BCUT2D eigenvalue weighted by atomic mass is 32.2. The summed E-state index contributed by atoms with van der Waals surface area (Å²) in [6.07, 6.45) is -2.78. The van der Waals surface area contributed by atoms with Gasteiger partial charge in [0.15, 0.2) is 23.0 Å². The number of fused-ring (bicyclic) bond motifs is 10. The summed E-state index contributed by atoms with van der Waals surface area (Å²) >= 11 is 1.27. The van der Waals surface area contributed by atoms with Crippen molar-refractivity contribution in [2.24, 2.45) is 0 Å². The minimum atomic E-state index is -4.51. The minimum absolute atomic E-state index is 0.0317. The maximum absolute atomic E-state index is 13.8. The monoisotopic (exact) mass is 811 g/mol. The molecule has 57 heavy (non-hydrogen) atoms. The fourth-order valence-electron chi connectivity index (χ4n) is 9.05. The van der Waals surface area contributed by atoms with Crippen LogP contribution in [0, 0.1) is 13.8 Å². The normalized spacial score (nSPS) is 26.6. The van der Waals surface area contributed by atoms with Crippen LogP contribution in [-0.2, 0) is 31.7 Å². The highest BCUT2D eigenvalue weighted by molar-refractivity contribution is 7.99. The van der Waals surface area contributed by atoms with E-state index in [1.807, 2.05) is 29.8 Å². The number of hydrogen-bond acceptors (Lipinski definition) is 13. The van der Waals surface area contributed by atoms with Gasteiger partial charge in [-0.3, -0.25) is 19.4 Å². The van der Waals surface area contributed by atoms with Crippen molar-refractivity contribution in [3.05, 3.63) is 80.9 Å². The molecule has 0 aliphatic carbocycles. The van der Waals surface area contributed by atoms with E-state index in [9.17, 15) is 37.8 Å². The van der Waals surface area contributed by atoms with Crippen LogP contribution in [0.15, 0.2) is 36.4 Å². The zero-order valence-electron chi connectivity index (χ0n) is 31.5. The third-order valence-electron chi connectivity index (χ3n) is 11.5. The first-order valence-electron chi connectivity index (χ1n) is 18.3. The van der Waals surface area contributed by atoms with Gasteiger partial charge in [-0.25, -0.2) is 4.79 Å². The van der Waals surface area contributed by atoms with Crippen molar-refractivity contribution in [3.63, 3.8) is 0 Å². The molecule has 9 rings (SSSR count). The predicted octanol–water partition coefficient (Wildman–Crippen LogP) is 4.87. The number of halogens is 3. The largest absolute Gasteiger partial charge is 0.504 e. The molecule has 0 radical (unpaired) electrons. The van der Waals surface area contributed by atoms with E-state index in [0.717, 1.165) is 29.3 Å². The number of ether oxygens (including phenoxy) is 5. The number of aliphatic hydroxyl groups is 1. The van der Waals surface area contributed by atoms with Gasteiger partial charge < -0.3 is 39.2 Å². The number of piperazine rings is 1. The van der Waals surface area contributed by atoms with E-state index >= 15 is 0 Å². The van der Waals surface area contributed by atoms with Crippen molar-refractivity contribution in [2.75, 3.05) is 33.3 Å². The Morgan fingerprint density at radius 1 is 1.05 bits per heavy atom. The van der Waals surface area contributed by atoms with Gasteiger partial charge in [0, 0.05) is 47.0 Å². The molecular weight excluding hydrogens is 772 g/mol. The minimum Gasteiger partial charge on any atom is -0.504 e. The summed E-state index contributed by atoms with van der Waals surface area (Å²) in [7, 11) is 3.36. The standard InChI is InChI=1S/C40H40F3N3O10S/c1-17-12-21-13-24-38(50)46-25-14-53-39(51)23(44-26(48)11-8-20-6-9-22(10-7-20)40(41,42)43)15-57-37(31(46)30(45(24)4)27(21)32(49)33(17)52-5)29-28(25)36-35(54-16-55-36)18(2)34(29)56-19(3)47/h6-12,23-25,30-31,37-38,49-50H,13-16H2,1-5H3,(H,44,48)/t23-,24-,25-,30+,31?,37+,38-/m0/s1. The molecule has 1 unspecified atom stereocenters. The maximum Gasteiger partial charge on any atom is 0.416 e. The number of rotatable bonds is 5. The Morgan fingerprint density at radius 2 is 1.77 bits per heavy atom. The number of aromatic hydroxyl groups is 1. The number of esters is 2. The molecule has 4 bridgehead atoms. The number of likely N-dealkylation sites (N-methyl/N-ethyl adjacent to an activating group) is 1. The third-order valence-corrected chi connectivity index (χ3v) is 12.9. The molecule has 2 fully saturated rings. The summed E-state index contributed by atoms with van der Waals surface area (Å²) < 4.78 is 68.8. The Hall–Kier alpha value is -4.97. The number of thioether (sulfide) groups is 1. The van der Waals surface area contributed by atoms with Gasteiger partial charge >= 0.3 is 18.1 Å². The van der Waals surface area contributed by atoms with E-state index in [1.165, 1.54) is 44.0 Å². The fraction of sp³-hybridized carbons (Fsp3) is 0.425. The second kappa shape index (κ2) is 14.4. The van der Waals surface area contributed by atoms with Gasteiger partial charge in [-0.05, 0) is 62.2 Å². The number of benzene rings is 3. The molecule has 6 aliphatic heterocycles. The first-order chi connectivity index (χ1) is 27.1. The smallest absolute Gasteiger partial charge is 0.416 e. The lowest BCUT2D eigenvalue weighted by molar-refractivity contribution is -0.184. The number of alkyl halides is 3. The molecule has 0 aromatic heterocycles. The van der Waals surface area contributed by atoms with Gasteiger partial charge in [0.25, 0.3) is 0 Å². The van der Waals surface area contributed by atoms with E-state index < -0.39 is 71.3 Å². The van der Waals surface area contributed by atoms with Crippen LogP contribution >= 0.6 is 11.8 Å². The first-order valence-corrected chi connectivity index (χ1v) is 19.3. The van der Waals surface area contributed by atoms with Crippen LogP contribution in [0.25, 0.3) is 6.08 Å². The molecule has 7 atom stereocenters. The fourth-order valence-corrected chi connectivity index (χ4v) is 10.6. The van der Waals surface area contributed by atoms with E-state index in [1.54, 1.807) is 6.92 Å². The van der Waals surface area contributed by atoms with Crippen LogP contribution in [0.2, 0.25) is 0 Å². The summed E-state index contributed by atoms with van der Waals surface area (Å²) in [5, 5.41) is 26.3. The Labute approximate surface area is 329 Å². The Kier molecular flexibility index (Phi) is 9.85. The van der Waals surface area contributed by atoms with E-state index in [0.29, 0.717) is 51.5 Å². The van der Waals surface area contributed by atoms with Gasteiger partial charge in [0.2, 0.25) is 12.7 Å². The second-order valence-electron chi connectivity index (χ2n) is 14.7. The maximum atomic E-state index is 13.8. The highest BCUT2D eigenvalue weighted by Crippen LogP contribution is 2.64. The third kappa shape index (κ3) is 6.44. The average molecular weight is 812 g/mol. The molecule has 0 saturated carbocycles. The molecule has 13 nitrogen and oxygen atoms in total. The molecule has 3 aromatic carbocycles. The number of nitrogens with zero attached hydrogens (tertiary/aromatic N) is 2. The molecule has 3 N–H and O–H groups in total. The van der Waals surface area contributed by atoms with Crippen molar-refractivity contribution >= 4 is 35.7 Å². The summed E-state index contributed by atoms with van der Waals surface area (Å²) in [6, 6.07) is 2.47. The van der Waals surface area contributed by atoms with Gasteiger partial charge in [0.05, 0.1) is 36.0 Å². The van der Waals surface area contributed by atoms with E-state index in [4.69, 9.17) is 23.7 Å². The number of aryl methyl sites for hydroxylation is 1. The number of phenolic OH excluding ortho intramolecular Hbond substituents is 1. The summed E-state index contributed by atoms with van der Waals surface area (Å²) in [4.78, 5) is 43.8. The summed E-state index contributed by atoms with van der Waals surface area (Å²) in [5.74, 6) is -0.839. The van der Waals surface area contributed by atoms with E-state index in [-0.39, 0.29) is 30.7 Å². The molecule has 2 saturated heterocycles. The Balaban J connectivity index is 1.24. The number of amides is 1. The molecular formula is C40H40F3N3O10S. The number of phenols is 1. The molecule has 6 heterocycles. The number of aliphatic hydroxyl groups excluding tert-OH is 1. The van der Waals surface area contributed by atoms with Crippen molar-refractivity contribution in [1.82, 2.24) is 15.1 Å². The quantitative estimate of drug-likeness (QED) is 0.182. The average Bonchev–Trinajstić information content (AvgIpc) is 3.65. The zero-order valence-corrected chi connectivity index (χ0v) is 32.3. The molecule has 6 aliphatic rings. The predicted molar refractivity (Wildman–Crippen MR) is 199 cm³/mol. The van der Waals surface area contributed by atoms with Crippen molar-refractivity contribution in [1.29, 1.82) is 0 Å². The number of nitrogens with one attached hydrogen (secondary N) is 1. The number of hydrogen-bond donors (Lipinski definition) is 3. The molecule has 17 heteroatoms. The van der Waals surface area contributed by atoms with Crippen LogP contribution < -0.4 is 24.3 Å². The number of methoxy groups -OCH3 is 1. The van der Waals surface area contributed by atoms with Crippen LogP contribution in [0.3, 0.4) is 0 Å². The molecule has 1 amide bonds. The van der Waals surface area contributed by atoms with Gasteiger partial charge in [-0.2, -0.15) is 13.2 Å². The van der Waals surface area contributed by atoms with Crippen LogP contribution in [-0.4, -0.2) is 95.5 Å². The lowest BCUT2D eigenvalue weighted by Crippen LogP contribution is -2.69. The summed E-state index contributed by atoms with van der Waals surface area (Å²) in [5.41, 5.74) is 3.30. The highest BCUT2D eigenvalue weighted by Gasteiger charge is 2.60. The van der Waals surface area contributed by atoms with Crippen molar-refractivity contribution < 1.29 is 61.5 Å². The van der Waals surface area contributed by atoms with Crippen molar-refractivity contribution in [2.45, 2.75) is 75.1 Å². The number of carbonyl (C=O) groups is 3. The molecule has 302 valence electrons. The second-order valence-corrected chi connectivity index (χ2v) is 15.9. The first kappa shape index (κ1) is 38.9. The SMILES string of the molecule is COc1c(C)cc2c(c1O)[C@@H]1C3[C@@H]4SC[C@H](NC(=O)C=Cc5ccc(C(F)(F)F)cc5)C(=O)OC[C@@H](c5c6c(c(C)c(OC(C)=O)c54)OCO6)N3[C@@H](O)[C@H](C2)N1C. The number of carbonyl (C=O) groups excluding carboxylic acids is 3. The Bertz CT molecular complexity index is 2200. The van der Waals surface area contributed by atoms with Gasteiger partial charge in [-0.15, -0.1) is 11.8 Å². The molecule has 3 aromatic rings. The van der Waals surface area contributed by atoms with Crippen LogP contribution in [0.5, 0.6) is 28.7 Å². The lowest BCUT2D eigenvalue weighted by Gasteiger charge is -2.62. The van der Waals surface area contributed by atoms with Gasteiger partial charge in [-0.1, -0.05) is 18.2 Å². The van der Waals surface area contributed by atoms with Crippen LogP contribution in [0.1, 0.15) is 68.8 Å². The van der Waals surface area contributed by atoms with Crippen LogP contribution in [0.4, 0.5) is 13.2 Å². The topological polar surface area (TPSA) is 156 Å². The Morgan fingerprint density at radius 3 is 2.46 bits per heavy atom. The zero-order chi connectivity index (χ0) is 40.7. The lowest BCUT2D eigenvalue weighted by atomic mass is 9.73. The molecule has 0 spiro atoms. The van der Waals surface area contributed by atoms with Crippen molar-refractivity contribution in [3.8, 4) is 28.7 Å². The summed E-state index contributed by atoms with van der Waals surface area (Å²) in [6.45, 7) is 4.44. The van der Waals surface area contributed by atoms with Gasteiger partial charge in [0.1, 0.15) is 24.6 Å².